The molecule has 0 radical (unpaired) electrons. The summed E-state index contributed by atoms with van der Waals surface area (Å²) in [6.45, 7) is 0.372. The van der Waals surface area contributed by atoms with E-state index in [1.165, 1.54) is 12.1 Å². The number of fused-ring (bicyclic) bond motifs is 1. The molecular weight excluding hydrogens is 403 g/mol. The van der Waals surface area contributed by atoms with Crippen molar-refractivity contribution in [3.8, 4) is 33.8 Å². The van der Waals surface area contributed by atoms with Crippen LogP contribution in [0.1, 0.15) is 5.56 Å². The first-order chi connectivity index (χ1) is 15.7. The molecule has 0 atom stereocenters. The molecule has 5 rings (SSSR count). The van der Waals surface area contributed by atoms with E-state index >= 15 is 0 Å². The van der Waals surface area contributed by atoms with Crippen LogP contribution in [0.25, 0.3) is 33.3 Å². The number of para-hydroxylation sites is 1. The number of hydrogen-bond donors (Lipinski definition) is 1. The van der Waals surface area contributed by atoms with Crippen molar-refractivity contribution in [3.63, 3.8) is 0 Å². The number of aromatic amines is 1. The third-order valence-electron chi connectivity index (χ3n) is 5.38. The Kier molecular flexibility index (Phi) is 5.30. The van der Waals surface area contributed by atoms with E-state index in [1.807, 2.05) is 72.9 Å². The van der Waals surface area contributed by atoms with Crippen molar-refractivity contribution in [3.05, 3.63) is 103 Å². The molecule has 0 aliphatic heterocycles. The fraction of sp³-hybridized carbons (Fsp3) is 0.0741. The van der Waals surface area contributed by atoms with Gasteiger partial charge >= 0.3 is 0 Å². The Morgan fingerprint density at radius 2 is 1.69 bits per heavy atom. The normalized spacial score (nSPS) is 10.9. The Morgan fingerprint density at radius 1 is 0.875 bits per heavy atom. The van der Waals surface area contributed by atoms with Crippen LogP contribution >= 0.6 is 0 Å². The maximum atomic E-state index is 14.5. The zero-order valence-electron chi connectivity index (χ0n) is 17.5. The smallest absolute Gasteiger partial charge is 0.137 e. The van der Waals surface area contributed by atoms with E-state index in [-0.39, 0.29) is 5.82 Å². The molecule has 1 N–H and O–H groups in total. The summed E-state index contributed by atoms with van der Waals surface area (Å²) in [4.78, 5) is 7.75. The predicted molar refractivity (Wildman–Crippen MR) is 124 cm³/mol. The van der Waals surface area contributed by atoms with Crippen LogP contribution in [0.2, 0.25) is 0 Å². The van der Waals surface area contributed by atoms with Gasteiger partial charge in [0.1, 0.15) is 29.6 Å². The number of hydrogen-bond acceptors (Lipinski definition) is 3. The molecular formula is C27H21FN2O2. The quantitative estimate of drug-likeness (QED) is 0.333. The molecule has 0 bridgehead atoms. The summed E-state index contributed by atoms with van der Waals surface area (Å²) in [6, 6.07) is 24.4. The van der Waals surface area contributed by atoms with Gasteiger partial charge in [-0.05, 0) is 35.4 Å². The highest BCUT2D eigenvalue weighted by Gasteiger charge is 2.13. The summed E-state index contributed by atoms with van der Waals surface area (Å²) in [5.74, 6) is 0.897. The highest BCUT2D eigenvalue weighted by Crippen LogP contribution is 2.35. The van der Waals surface area contributed by atoms with Crippen LogP contribution in [0.4, 0.5) is 4.39 Å². The minimum atomic E-state index is -0.353. The van der Waals surface area contributed by atoms with Gasteiger partial charge in [-0.1, -0.05) is 48.5 Å². The van der Waals surface area contributed by atoms with Crippen molar-refractivity contribution < 1.29 is 13.9 Å². The van der Waals surface area contributed by atoms with E-state index in [2.05, 4.69) is 9.97 Å². The van der Waals surface area contributed by atoms with Gasteiger partial charge in [0.05, 0.1) is 7.11 Å². The Balaban J connectivity index is 1.52. The average molecular weight is 424 g/mol. The van der Waals surface area contributed by atoms with Crippen molar-refractivity contribution in [1.82, 2.24) is 9.97 Å². The Morgan fingerprint density at radius 3 is 2.53 bits per heavy atom. The van der Waals surface area contributed by atoms with Crippen LogP contribution in [0.15, 0.2) is 91.3 Å². The third-order valence-corrected chi connectivity index (χ3v) is 5.38. The Bertz CT molecular complexity index is 1380. The lowest BCUT2D eigenvalue weighted by molar-refractivity contribution is 0.305. The van der Waals surface area contributed by atoms with Crippen LogP contribution in [0.3, 0.4) is 0 Å². The Hall–Kier alpha value is -4.12. The standard InChI is InChI=1S/C27H21FN2O2/c1-31-26-10-6-5-9-23(26)20-13-24-25(16-30-27(24)29-15-20)19-11-21(28)14-22(12-19)32-17-18-7-3-2-4-8-18/h2-16H,17H2,1H3,(H,29,30). The van der Waals surface area contributed by atoms with Crippen molar-refractivity contribution in [2.45, 2.75) is 6.61 Å². The number of nitrogens with one attached hydrogen (secondary N) is 1. The molecule has 0 fully saturated rings. The monoisotopic (exact) mass is 424 g/mol. The van der Waals surface area contributed by atoms with Crippen molar-refractivity contribution in [1.29, 1.82) is 0 Å². The molecule has 2 heterocycles. The summed E-state index contributed by atoms with van der Waals surface area (Å²) in [5, 5.41) is 0.896. The summed E-state index contributed by atoms with van der Waals surface area (Å²) in [6.07, 6.45) is 3.65. The van der Waals surface area contributed by atoms with E-state index in [0.717, 1.165) is 44.6 Å². The molecule has 0 saturated heterocycles. The van der Waals surface area contributed by atoms with Gasteiger partial charge in [0.25, 0.3) is 0 Å². The lowest BCUT2D eigenvalue weighted by Gasteiger charge is -2.10. The first-order valence-electron chi connectivity index (χ1n) is 10.3. The molecule has 0 spiro atoms. The number of halogens is 1. The van der Waals surface area contributed by atoms with Gasteiger partial charge in [-0.15, -0.1) is 0 Å². The molecule has 158 valence electrons. The second-order valence-electron chi connectivity index (χ2n) is 7.47. The highest BCUT2D eigenvalue weighted by molar-refractivity contribution is 5.96. The van der Waals surface area contributed by atoms with Crippen LogP contribution < -0.4 is 9.47 Å². The molecule has 0 aliphatic carbocycles. The maximum absolute atomic E-state index is 14.5. The number of methoxy groups -OCH3 is 1. The molecule has 5 aromatic rings. The van der Waals surface area contributed by atoms with Crippen molar-refractivity contribution in [2.24, 2.45) is 0 Å². The summed E-state index contributed by atoms with van der Waals surface area (Å²) >= 11 is 0. The van der Waals surface area contributed by atoms with Gasteiger partial charge in [0.15, 0.2) is 0 Å². The van der Waals surface area contributed by atoms with Crippen LogP contribution in [-0.2, 0) is 6.61 Å². The van der Waals surface area contributed by atoms with Crippen LogP contribution in [0.5, 0.6) is 11.5 Å². The van der Waals surface area contributed by atoms with E-state index < -0.39 is 0 Å². The number of nitrogens with zero attached hydrogens (tertiary/aromatic N) is 1. The lowest BCUT2D eigenvalue weighted by atomic mass is 10.0. The fourth-order valence-electron chi connectivity index (χ4n) is 3.82. The maximum Gasteiger partial charge on any atom is 0.137 e. The first-order valence-corrected chi connectivity index (χ1v) is 10.3. The Labute approximate surface area is 185 Å². The highest BCUT2D eigenvalue weighted by atomic mass is 19.1. The summed E-state index contributed by atoms with van der Waals surface area (Å²) < 4.78 is 25.8. The molecule has 0 unspecified atom stereocenters. The molecule has 4 nitrogen and oxygen atoms in total. The topological polar surface area (TPSA) is 47.1 Å². The number of aromatic nitrogens is 2. The molecule has 3 aromatic carbocycles. The van der Waals surface area contributed by atoms with Crippen molar-refractivity contribution >= 4 is 11.0 Å². The fourth-order valence-corrected chi connectivity index (χ4v) is 3.82. The number of ether oxygens (including phenoxy) is 2. The van der Waals surface area contributed by atoms with E-state index in [1.54, 1.807) is 13.3 Å². The number of benzene rings is 3. The number of H-pyrrole nitrogens is 1. The zero-order chi connectivity index (χ0) is 21.9. The average Bonchev–Trinajstić information content (AvgIpc) is 3.26. The lowest BCUT2D eigenvalue weighted by Crippen LogP contribution is -1.96. The number of pyridine rings is 1. The van der Waals surface area contributed by atoms with Crippen molar-refractivity contribution in [2.75, 3.05) is 7.11 Å². The van der Waals surface area contributed by atoms with Crippen LogP contribution in [0, 0.1) is 5.82 Å². The van der Waals surface area contributed by atoms with E-state index in [0.29, 0.717) is 12.4 Å². The van der Waals surface area contributed by atoms with Gasteiger partial charge in [0.2, 0.25) is 0 Å². The van der Waals surface area contributed by atoms with E-state index in [9.17, 15) is 4.39 Å². The molecule has 0 aliphatic rings. The summed E-state index contributed by atoms with van der Waals surface area (Å²) in [7, 11) is 1.65. The first kappa shape index (κ1) is 19.8. The second kappa shape index (κ2) is 8.55. The molecule has 0 amide bonds. The zero-order valence-corrected chi connectivity index (χ0v) is 17.5. The molecule has 5 heteroatoms. The SMILES string of the molecule is COc1ccccc1-c1cnc2[nH]cc(-c3cc(F)cc(OCc4ccccc4)c3)c2c1. The van der Waals surface area contributed by atoms with Gasteiger partial charge in [-0.25, -0.2) is 9.37 Å². The van der Waals surface area contributed by atoms with Gasteiger partial charge in [-0.3, -0.25) is 0 Å². The van der Waals surface area contributed by atoms with Crippen LogP contribution in [-0.4, -0.2) is 17.1 Å². The predicted octanol–water partition coefficient (Wildman–Crippen LogP) is 6.62. The molecule has 2 aromatic heterocycles. The second-order valence-corrected chi connectivity index (χ2v) is 7.47. The van der Waals surface area contributed by atoms with Gasteiger partial charge in [-0.2, -0.15) is 0 Å². The van der Waals surface area contributed by atoms with Gasteiger partial charge in [0, 0.05) is 40.5 Å². The molecule has 32 heavy (non-hydrogen) atoms. The van der Waals surface area contributed by atoms with Gasteiger partial charge < -0.3 is 14.5 Å². The number of rotatable bonds is 6. The van der Waals surface area contributed by atoms with E-state index in [4.69, 9.17) is 9.47 Å². The largest absolute Gasteiger partial charge is 0.496 e. The molecule has 0 saturated carbocycles. The minimum absolute atomic E-state index is 0.353. The third kappa shape index (κ3) is 3.93. The summed E-state index contributed by atoms with van der Waals surface area (Å²) in [5.41, 5.74) is 5.20. The minimum Gasteiger partial charge on any atom is -0.496 e.